The van der Waals surface area contributed by atoms with Gasteiger partial charge in [-0.15, -0.1) is 11.3 Å². The first-order valence-electron chi connectivity index (χ1n) is 5.47. The van der Waals surface area contributed by atoms with Crippen LogP contribution in [-0.4, -0.2) is 18.2 Å². The summed E-state index contributed by atoms with van der Waals surface area (Å²) in [6.07, 6.45) is 0. The summed E-state index contributed by atoms with van der Waals surface area (Å²) in [5.41, 5.74) is 0.0538. The highest BCUT2D eigenvalue weighted by Gasteiger charge is 2.15. The lowest BCUT2D eigenvalue weighted by molar-refractivity contribution is 0.0696. The van der Waals surface area contributed by atoms with E-state index < -0.39 is 5.97 Å². The quantitative estimate of drug-likeness (QED) is 0.836. The van der Waals surface area contributed by atoms with Gasteiger partial charge in [0, 0.05) is 14.7 Å². The summed E-state index contributed by atoms with van der Waals surface area (Å²) in [6.45, 7) is 0.332. The van der Waals surface area contributed by atoms with Crippen molar-refractivity contribution in [3.05, 3.63) is 43.5 Å². The summed E-state index contributed by atoms with van der Waals surface area (Å²) >= 11 is 11.0. The third-order valence-electron chi connectivity index (χ3n) is 2.46. The summed E-state index contributed by atoms with van der Waals surface area (Å²) in [6, 6.07) is 4.66. The number of hydrogen-bond acceptors (Lipinski definition) is 4. The van der Waals surface area contributed by atoms with Gasteiger partial charge in [-0.3, -0.25) is 0 Å². The zero-order chi connectivity index (χ0) is 14.7. The highest BCUT2D eigenvalue weighted by molar-refractivity contribution is 9.10. The molecule has 1 aromatic heterocycles. The van der Waals surface area contributed by atoms with Gasteiger partial charge in [-0.2, -0.15) is 0 Å². The lowest BCUT2D eigenvalue weighted by Crippen LogP contribution is -2.01. The minimum absolute atomic E-state index is 0.0538. The first-order valence-corrected chi connectivity index (χ1v) is 7.53. The van der Waals surface area contributed by atoms with Crippen molar-refractivity contribution in [2.75, 3.05) is 7.11 Å². The normalized spacial score (nSPS) is 10.3. The molecule has 20 heavy (non-hydrogen) atoms. The summed E-state index contributed by atoms with van der Waals surface area (Å²) < 4.78 is 11.8. The molecule has 106 valence electrons. The Kier molecular flexibility index (Phi) is 4.91. The number of halogens is 2. The average Bonchev–Trinajstić information content (AvgIpc) is 2.82. The molecule has 0 saturated heterocycles. The number of methoxy groups -OCH3 is 1. The van der Waals surface area contributed by atoms with E-state index in [9.17, 15) is 4.79 Å². The van der Waals surface area contributed by atoms with E-state index in [0.29, 0.717) is 18.1 Å². The fourth-order valence-corrected chi connectivity index (χ4v) is 3.18. The van der Waals surface area contributed by atoms with Crippen LogP contribution in [0.25, 0.3) is 0 Å². The monoisotopic (exact) mass is 376 g/mol. The Balaban J connectivity index is 2.24. The molecule has 0 radical (unpaired) electrons. The number of rotatable bonds is 5. The second-order valence-corrected chi connectivity index (χ2v) is 6.13. The molecule has 1 heterocycles. The molecule has 0 saturated carbocycles. The lowest BCUT2D eigenvalue weighted by atomic mass is 10.2. The van der Waals surface area contributed by atoms with Crippen molar-refractivity contribution in [2.24, 2.45) is 0 Å². The van der Waals surface area contributed by atoms with Crippen LogP contribution in [0.3, 0.4) is 0 Å². The van der Waals surface area contributed by atoms with Gasteiger partial charge in [0.25, 0.3) is 0 Å². The molecule has 0 spiro atoms. The number of ether oxygens (including phenoxy) is 2. The Morgan fingerprint density at radius 1 is 1.45 bits per heavy atom. The molecule has 0 aliphatic heterocycles. The van der Waals surface area contributed by atoms with Crippen LogP contribution in [0.2, 0.25) is 5.02 Å². The molecule has 0 atom stereocenters. The molecule has 0 amide bonds. The molecule has 4 nitrogen and oxygen atoms in total. The van der Waals surface area contributed by atoms with Crippen molar-refractivity contribution in [1.29, 1.82) is 0 Å². The van der Waals surface area contributed by atoms with E-state index in [1.165, 1.54) is 19.2 Å². The Labute approximate surface area is 133 Å². The fourth-order valence-electron chi connectivity index (χ4n) is 1.56. The van der Waals surface area contributed by atoms with Crippen LogP contribution in [0.15, 0.2) is 28.1 Å². The van der Waals surface area contributed by atoms with Crippen molar-refractivity contribution in [1.82, 2.24) is 0 Å². The van der Waals surface area contributed by atoms with Gasteiger partial charge in [0.15, 0.2) is 11.5 Å². The van der Waals surface area contributed by atoms with Gasteiger partial charge in [-0.1, -0.05) is 11.6 Å². The number of carboxylic acids is 1. The van der Waals surface area contributed by atoms with E-state index in [1.807, 2.05) is 11.4 Å². The van der Waals surface area contributed by atoms with Crippen LogP contribution in [0.1, 0.15) is 15.2 Å². The summed E-state index contributed by atoms with van der Waals surface area (Å²) in [4.78, 5) is 12.0. The average molecular weight is 378 g/mol. The van der Waals surface area contributed by atoms with Gasteiger partial charge in [-0.25, -0.2) is 4.79 Å². The maximum atomic E-state index is 11.0. The van der Waals surface area contributed by atoms with Crippen LogP contribution in [-0.2, 0) is 6.61 Å². The summed E-state index contributed by atoms with van der Waals surface area (Å²) in [7, 11) is 1.44. The highest BCUT2D eigenvalue weighted by Crippen LogP contribution is 2.37. The first kappa shape index (κ1) is 15.2. The van der Waals surface area contributed by atoms with E-state index in [0.717, 1.165) is 9.35 Å². The Bertz CT molecular complexity index is 641. The fraction of sp³-hybridized carbons (Fsp3) is 0.154. The van der Waals surface area contributed by atoms with Crippen molar-refractivity contribution in [2.45, 2.75) is 6.61 Å². The predicted molar refractivity (Wildman–Crippen MR) is 81.3 cm³/mol. The Morgan fingerprint density at radius 3 is 2.75 bits per heavy atom. The zero-order valence-corrected chi connectivity index (χ0v) is 13.5. The molecule has 0 aliphatic carbocycles. The molecular formula is C13H10BrClO4S. The molecule has 2 aromatic rings. The SMILES string of the molecule is COc1cc(C(=O)O)cc(Cl)c1OCc1cc(Br)cs1. The molecule has 0 fully saturated rings. The van der Waals surface area contributed by atoms with Crippen molar-refractivity contribution < 1.29 is 19.4 Å². The number of thiophene rings is 1. The molecule has 1 aromatic carbocycles. The number of hydrogen-bond donors (Lipinski definition) is 1. The summed E-state index contributed by atoms with van der Waals surface area (Å²) in [5, 5.41) is 11.1. The predicted octanol–water partition coefficient (Wildman–Crippen LogP) is 4.45. The lowest BCUT2D eigenvalue weighted by Gasteiger charge is -2.12. The van der Waals surface area contributed by atoms with E-state index in [1.54, 1.807) is 11.3 Å². The molecular weight excluding hydrogens is 368 g/mol. The zero-order valence-electron chi connectivity index (χ0n) is 10.4. The van der Waals surface area contributed by atoms with Gasteiger partial charge >= 0.3 is 5.97 Å². The topological polar surface area (TPSA) is 55.8 Å². The molecule has 0 bridgehead atoms. The molecule has 0 unspecified atom stereocenters. The van der Waals surface area contributed by atoms with Gasteiger partial charge in [-0.05, 0) is 34.1 Å². The number of aromatic carboxylic acids is 1. The van der Waals surface area contributed by atoms with E-state index in [4.69, 9.17) is 26.2 Å². The standard InChI is InChI=1S/C13H10BrClO4S/c1-18-11-3-7(13(16)17)2-10(15)12(11)19-5-9-4-8(14)6-20-9/h2-4,6H,5H2,1H3,(H,16,17). The van der Waals surface area contributed by atoms with Crippen molar-refractivity contribution >= 4 is 44.8 Å². The van der Waals surface area contributed by atoms with Crippen LogP contribution in [0.5, 0.6) is 11.5 Å². The minimum Gasteiger partial charge on any atom is -0.493 e. The van der Waals surface area contributed by atoms with Crippen molar-refractivity contribution in [3.8, 4) is 11.5 Å². The van der Waals surface area contributed by atoms with Crippen LogP contribution in [0.4, 0.5) is 0 Å². The van der Waals surface area contributed by atoms with Gasteiger partial charge in [0.1, 0.15) is 6.61 Å². The highest BCUT2D eigenvalue weighted by atomic mass is 79.9. The third-order valence-corrected chi connectivity index (χ3v) is 4.41. The molecule has 7 heteroatoms. The Hall–Kier alpha value is -1.24. The second-order valence-electron chi connectivity index (χ2n) is 3.81. The van der Waals surface area contributed by atoms with Gasteiger partial charge in [0.05, 0.1) is 17.7 Å². The molecule has 2 rings (SSSR count). The van der Waals surface area contributed by atoms with Gasteiger partial charge < -0.3 is 14.6 Å². The van der Waals surface area contributed by atoms with Crippen molar-refractivity contribution in [3.63, 3.8) is 0 Å². The van der Waals surface area contributed by atoms with E-state index >= 15 is 0 Å². The third kappa shape index (κ3) is 3.45. The largest absolute Gasteiger partial charge is 0.493 e. The van der Waals surface area contributed by atoms with Crippen LogP contribution < -0.4 is 9.47 Å². The second kappa shape index (κ2) is 6.47. The first-order chi connectivity index (χ1) is 9.51. The van der Waals surface area contributed by atoms with Gasteiger partial charge in [0.2, 0.25) is 0 Å². The molecule has 0 aliphatic rings. The maximum Gasteiger partial charge on any atom is 0.335 e. The Morgan fingerprint density at radius 2 is 2.20 bits per heavy atom. The van der Waals surface area contributed by atoms with E-state index in [2.05, 4.69) is 15.9 Å². The van der Waals surface area contributed by atoms with E-state index in [-0.39, 0.29) is 10.6 Å². The number of carbonyl (C=O) groups is 1. The maximum absolute atomic E-state index is 11.0. The smallest absolute Gasteiger partial charge is 0.335 e. The summed E-state index contributed by atoms with van der Waals surface area (Å²) in [5.74, 6) is -0.437. The van der Waals surface area contributed by atoms with Crippen LogP contribution in [0, 0.1) is 0 Å². The van der Waals surface area contributed by atoms with Crippen LogP contribution >= 0.6 is 38.9 Å². The molecule has 1 N–H and O–H groups in total. The minimum atomic E-state index is -1.07. The number of carboxylic acid groups (broad SMARTS) is 1. The number of benzene rings is 1.